The number of rotatable bonds is 2. The van der Waals surface area contributed by atoms with Gasteiger partial charge in [0.1, 0.15) is 11.3 Å². The molecule has 2 heterocycles. The number of hydrogen-bond donors (Lipinski definition) is 1. The minimum atomic E-state index is 0.122. The maximum absolute atomic E-state index is 5.71. The van der Waals surface area contributed by atoms with Crippen LogP contribution < -0.4 is 5.73 Å². The van der Waals surface area contributed by atoms with E-state index < -0.39 is 0 Å². The molecule has 2 aromatic heterocycles. The molecule has 2 rings (SSSR count). The second-order valence-corrected chi connectivity index (χ2v) is 5.32. The molecule has 0 aromatic carbocycles. The topological polar surface area (TPSA) is 69.6 Å². The standard InChI is InChI=1S/C11H16BN5/c1-11(2,3)6-17-8(4-12)15-7-5-14-10(13)16-9(7)17/h5H,4,6H2,1-3H3,(H2,13,14,16). The monoisotopic (exact) mass is 229 g/mol. The van der Waals surface area contributed by atoms with Crippen molar-refractivity contribution in [3.63, 3.8) is 0 Å². The maximum Gasteiger partial charge on any atom is 0.222 e. The third-order valence-electron chi connectivity index (χ3n) is 2.40. The molecule has 2 radical (unpaired) electrons. The minimum Gasteiger partial charge on any atom is -0.368 e. The molecule has 0 aliphatic carbocycles. The van der Waals surface area contributed by atoms with Crippen molar-refractivity contribution >= 4 is 25.0 Å². The van der Waals surface area contributed by atoms with Crippen molar-refractivity contribution in [1.82, 2.24) is 19.5 Å². The Bertz CT molecular complexity index is 541. The van der Waals surface area contributed by atoms with Crippen LogP contribution >= 0.6 is 0 Å². The van der Waals surface area contributed by atoms with Crippen LogP contribution in [0.4, 0.5) is 5.95 Å². The largest absolute Gasteiger partial charge is 0.368 e. The lowest BCUT2D eigenvalue weighted by atomic mass is 9.96. The summed E-state index contributed by atoms with van der Waals surface area (Å²) in [6.45, 7) is 7.27. The number of nitrogens with zero attached hydrogens (tertiary/aromatic N) is 4. The molecule has 0 fully saturated rings. The van der Waals surface area contributed by atoms with Crippen molar-refractivity contribution in [2.45, 2.75) is 33.6 Å². The van der Waals surface area contributed by atoms with Crippen LogP contribution in [0.3, 0.4) is 0 Å². The van der Waals surface area contributed by atoms with Crippen molar-refractivity contribution in [1.29, 1.82) is 0 Å². The quantitative estimate of drug-likeness (QED) is 0.783. The van der Waals surface area contributed by atoms with Gasteiger partial charge in [0.2, 0.25) is 5.95 Å². The van der Waals surface area contributed by atoms with E-state index in [0.29, 0.717) is 6.32 Å². The smallest absolute Gasteiger partial charge is 0.222 e. The van der Waals surface area contributed by atoms with E-state index in [2.05, 4.69) is 35.7 Å². The van der Waals surface area contributed by atoms with E-state index in [-0.39, 0.29) is 11.4 Å². The first-order chi connectivity index (χ1) is 7.90. The first-order valence-corrected chi connectivity index (χ1v) is 5.58. The summed E-state index contributed by atoms with van der Waals surface area (Å²) >= 11 is 0. The SMILES string of the molecule is [B]Cc1nc2cnc(N)nc2n1CC(C)(C)C. The third-order valence-corrected chi connectivity index (χ3v) is 2.40. The van der Waals surface area contributed by atoms with Crippen LogP contribution in [-0.2, 0) is 12.9 Å². The Kier molecular flexibility index (Phi) is 2.81. The molecule has 6 heteroatoms. The van der Waals surface area contributed by atoms with Crippen LogP contribution in [0.2, 0.25) is 0 Å². The molecule has 0 saturated carbocycles. The average molecular weight is 229 g/mol. The fraction of sp³-hybridized carbons (Fsp3) is 0.545. The number of nitrogen functional groups attached to an aromatic ring is 1. The lowest BCUT2D eigenvalue weighted by Gasteiger charge is -2.20. The first-order valence-electron chi connectivity index (χ1n) is 5.58. The van der Waals surface area contributed by atoms with Crippen LogP contribution in [0.25, 0.3) is 11.2 Å². The Morgan fingerprint density at radius 1 is 1.35 bits per heavy atom. The summed E-state index contributed by atoms with van der Waals surface area (Å²) in [5, 5.41) is 0. The highest BCUT2D eigenvalue weighted by Gasteiger charge is 2.17. The van der Waals surface area contributed by atoms with Crippen molar-refractivity contribution < 1.29 is 0 Å². The Morgan fingerprint density at radius 3 is 2.65 bits per heavy atom. The van der Waals surface area contributed by atoms with Crippen LogP contribution in [-0.4, -0.2) is 27.4 Å². The van der Waals surface area contributed by atoms with Gasteiger partial charge in [0.25, 0.3) is 0 Å². The predicted molar refractivity (Wildman–Crippen MR) is 68.6 cm³/mol. The second-order valence-electron chi connectivity index (χ2n) is 5.32. The Labute approximate surface area is 102 Å². The number of fused-ring (bicyclic) bond motifs is 1. The van der Waals surface area contributed by atoms with Crippen molar-refractivity contribution in [2.75, 3.05) is 5.73 Å². The molecule has 0 bridgehead atoms. The first kappa shape index (κ1) is 11.9. The Hall–Kier alpha value is -1.59. The fourth-order valence-electron chi connectivity index (χ4n) is 1.78. The molecule has 17 heavy (non-hydrogen) atoms. The molecule has 5 nitrogen and oxygen atoms in total. The van der Waals surface area contributed by atoms with Gasteiger partial charge in [-0.15, -0.1) is 0 Å². The highest BCUT2D eigenvalue weighted by molar-refractivity contribution is 6.08. The lowest BCUT2D eigenvalue weighted by Crippen LogP contribution is -2.18. The second kappa shape index (κ2) is 4.02. The highest BCUT2D eigenvalue weighted by Crippen LogP contribution is 2.22. The molecule has 0 atom stereocenters. The summed E-state index contributed by atoms with van der Waals surface area (Å²) in [5.41, 5.74) is 7.23. The molecule has 2 aromatic rings. The maximum atomic E-state index is 5.71. The van der Waals surface area contributed by atoms with E-state index in [0.717, 1.165) is 23.5 Å². The number of aromatic nitrogens is 4. The van der Waals surface area contributed by atoms with Crippen LogP contribution in [0.15, 0.2) is 6.20 Å². The fourth-order valence-corrected chi connectivity index (χ4v) is 1.78. The van der Waals surface area contributed by atoms with Crippen molar-refractivity contribution in [3.8, 4) is 0 Å². The number of nitrogens with two attached hydrogens (primary N) is 1. The van der Waals surface area contributed by atoms with E-state index >= 15 is 0 Å². The molecule has 0 unspecified atom stereocenters. The van der Waals surface area contributed by atoms with E-state index in [1.165, 1.54) is 0 Å². The molecule has 0 aliphatic heterocycles. The molecular weight excluding hydrogens is 213 g/mol. The minimum absolute atomic E-state index is 0.122. The Morgan fingerprint density at radius 2 is 2.06 bits per heavy atom. The molecular formula is C11H16BN5. The van der Waals surface area contributed by atoms with E-state index in [1.807, 2.05) is 4.57 Å². The molecule has 0 saturated heterocycles. The molecule has 2 N–H and O–H groups in total. The van der Waals surface area contributed by atoms with E-state index in [1.54, 1.807) is 6.20 Å². The zero-order valence-electron chi connectivity index (χ0n) is 10.4. The van der Waals surface area contributed by atoms with E-state index in [4.69, 9.17) is 13.6 Å². The summed E-state index contributed by atoms with van der Waals surface area (Å²) in [7, 11) is 5.71. The summed E-state index contributed by atoms with van der Waals surface area (Å²) in [4.78, 5) is 12.6. The number of hydrogen-bond acceptors (Lipinski definition) is 4. The van der Waals surface area contributed by atoms with Gasteiger partial charge < -0.3 is 10.3 Å². The van der Waals surface area contributed by atoms with Crippen LogP contribution in [0.1, 0.15) is 26.6 Å². The summed E-state index contributed by atoms with van der Waals surface area (Å²) in [6.07, 6.45) is 2.02. The normalized spacial score (nSPS) is 12.2. The van der Waals surface area contributed by atoms with Gasteiger partial charge in [-0.3, -0.25) is 0 Å². The highest BCUT2D eigenvalue weighted by atomic mass is 15.2. The van der Waals surface area contributed by atoms with Gasteiger partial charge in [-0.2, -0.15) is 4.98 Å². The van der Waals surface area contributed by atoms with Gasteiger partial charge in [-0.05, 0) is 11.7 Å². The average Bonchev–Trinajstić information content (AvgIpc) is 2.54. The number of imidazole rings is 1. The zero-order valence-corrected chi connectivity index (χ0v) is 10.4. The zero-order chi connectivity index (χ0) is 12.6. The van der Waals surface area contributed by atoms with Gasteiger partial charge >= 0.3 is 0 Å². The third kappa shape index (κ3) is 2.40. The summed E-state index contributed by atoms with van der Waals surface area (Å²) in [6, 6.07) is 0. The van der Waals surface area contributed by atoms with Crippen molar-refractivity contribution in [3.05, 3.63) is 12.0 Å². The summed E-state index contributed by atoms with van der Waals surface area (Å²) < 4.78 is 2.02. The van der Waals surface area contributed by atoms with Gasteiger partial charge in [-0.1, -0.05) is 20.8 Å². The lowest BCUT2D eigenvalue weighted by molar-refractivity contribution is 0.343. The molecule has 88 valence electrons. The van der Waals surface area contributed by atoms with Gasteiger partial charge in [-0.25, -0.2) is 9.97 Å². The number of anilines is 1. The Balaban J connectivity index is 2.60. The molecule has 0 aliphatic rings. The van der Waals surface area contributed by atoms with Crippen LogP contribution in [0.5, 0.6) is 0 Å². The molecule has 0 spiro atoms. The van der Waals surface area contributed by atoms with Crippen molar-refractivity contribution in [2.24, 2.45) is 5.41 Å². The van der Waals surface area contributed by atoms with Gasteiger partial charge in [0.05, 0.1) is 14.0 Å². The van der Waals surface area contributed by atoms with Gasteiger partial charge in [0.15, 0.2) is 5.65 Å². The van der Waals surface area contributed by atoms with E-state index in [9.17, 15) is 0 Å². The molecule has 0 amide bonds. The summed E-state index contributed by atoms with van der Waals surface area (Å²) in [5.74, 6) is 1.07. The van der Waals surface area contributed by atoms with Gasteiger partial charge in [0, 0.05) is 6.54 Å². The van der Waals surface area contributed by atoms with Crippen LogP contribution in [0, 0.1) is 5.41 Å². The predicted octanol–water partition coefficient (Wildman–Crippen LogP) is 1.12.